The highest BCUT2D eigenvalue weighted by Crippen LogP contribution is 2.34. The largest absolute Gasteiger partial charge is 0.468 e. The van der Waals surface area contributed by atoms with Crippen LogP contribution in [0.25, 0.3) is 0 Å². The highest BCUT2D eigenvalue weighted by atomic mass is 16.6. The molecule has 0 saturated carbocycles. The van der Waals surface area contributed by atoms with Crippen LogP contribution in [-0.4, -0.2) is 37.2 Å². The third kappa shape index (κ3) is 3.47. The fourth-order valence-corrected chi connectivity index (χ4v) is 2.59. The van der Waals surface area contributed by atoms with E-state index in [1.807, 2.05) is 30.3 Å². The molecule has 1 aliphatic heterocycles. The zero-order valence-electron chi connectivity index (χ0n) is 12.8. The van der Waals surface area contributed by atoms with Crippen LogP contribution < -0.4 is 0 Å². The second kappa shape index (κ2) is 7.11. The van der Waals surface area contributed by atoms with Gasteiger partial charge in [0.05, 0.1) is 12.5 Å². The number of likely N-dealkylation sites (tertiary alicyclic amines) is 1. The summed E-state index contributed by atoms with van der Waals surface area (Å²) < 4.78 is 10.1. The Morgan fingerprint density at radius 3 is 2.45 bits per heavy atom. The summed E-state index contributed by atoms with van der Waals surface area (Å²) in [6.07, 6.45) is 2.28. The van der Waals surface area contributed by atoms with Crippen molar-refractivity contribution in [2.24, 2.45) is 5.41 Å². The molecule has 5 heteroatoms. The number of ether oxygens (including phenoxy) is 2. The minimum atomic E-state index is -0.690. The van der Waals surface area contributed by atoms with E-state index in [4.69, 9.17) is 9.47 Å². The number of carbonyl (C=O) groups is 2. The quantitative estimate of drug-likeness (QED) is 0.634. The molecule has 0 bridgehead atoms. The number of benzene rings is 1. The maximum absolute atomic E-state index is 12.1. The summed E-state index contributed by atoms with van der Waals surface area (Å²) in [6.45, 7) is 4.89. The van der Waals surface area contributed by atoms with E-state index >= 15 is 0 Å². The lowest BCUT2D eigenvalue weighted by Gasteiger charge is -2.37. The topological polar surface area (TPSA) is 55.8 Å². The molecule has 1 saturated heterocycles. The Morgan fingerprint density at radius 1 is 1.27 bits per heavy atom. The van der Waals surface area contributed by atoms with Crippen LogP contribution in [0.2, 0.25) is 0 Å². The number of esters is 1. The Bertz CT molecular complexity index is 533. The van der Waals surface area contributed by atoms with Crippen molar-refractivity contribution >= 4 is 12.1 Å². The normalized spacial score (nSPS) is 16.7. The molecule has 1 heterocycles. The van der Waals surface area contributed by atoms with Crippen LogP contribution in [0.15, 0.2) is 43.0 Å². The van der Waals surface area contributed by atoms with Crippen molar-refractivity contribution in [3.05, 3.63) is 48.6 Å². The first-order valence-corrected chi connectivity index (χ1v) is 7.29. The summed E-state index contributed by atoms with van der Waals surface area (Å²) in [7, 11) is 1.37. The molecule has 1 aromatic rings. The van der Waals surface area contributed by atoms with Gasteiger partial charge in [0.25, 0.3) is 0 Å². The van der Waals surface area contributed by atoms with Gasteiger partial charge in [-0.1, -0.05) is 36.4 Å². The molecular weight excluding hydrogens is 282 g/mol. The Labute approximate surface area is 130 Å². The minimum absolute atomic E-state index is 0.250. The number of nitrogens with zero attached hydrogens (tertiary/aromatic N) is 1. The van der Waals surface area contributed by atoms with Crippen LogP contribution in [0.1, 0.15) is 18.4 Å². The molecule has 0 radical (unpaired) electrons. The zero-order valence-corrected chi connectivity index (χ0v) is 12.8. The summed E-state index contributed by atoms with van der Waals surface area (Å²) in [4.78, 5) is 25.6. The van der Waals surface area contributed by atoms with Gasteiger partial charge in [0, 0.05) is 13.1 Å². The van der Waals surface area contributed by atoms with E-state index in [0.29, 0.717) is 25.9 Å². The molecule has 1 fully saturated rings. The summed E-state index contributed by atoms with van der Waals surface area (Å²) in [5.74, 6) is -0.292. The van der Waals surface area contributed by atoms with E-state index in [9.17, 15) is 9.59 Å². The standard InChI is InChI=1S/C17H21NO4/c1-3-17(15(19)21-2)9-11-18(12-10-17)16(20)22-13-14-7-5-4-6-8-14/h3-8H,1,9-13H2,2H3. The Kier molecular flexibility index (Phi) is 5.20. The van der Waals surface area contributed by atoms with Gasteiger partial charge < -0.3 is 14.4 Å². The van der Waals surface area contributed by atoms with Crippen molar-refractivity contribution in [3.63, 3.8) is 0 Å². The van der Waals surface area contributed by atoms with Gasteiger partial charge in [-0.05, 0) is 18.4 Å². The number of carbonyl (C=O) groups excluding carboxylic acids is 2. The molecule has 0 spiro atoms. The molecule has 0 atom stereocenters. The van der Waals surface area contributed by atoms with Crippen molar-refractivity contribution in [3.8, 4) is 0 Å². The van der Waals surface area contributed by atoms with Gasteiger partial charge in [-0.25, -0.2) is 4.79 Å². The molecule has 1 aromatic carbocycles. The maximum atomic E-state index is 12.1. The fraction of sp³-hybridized carbons (Fsp3) is 0.412. The van der Waals surface area contributed by atoms with Crippen LogP contribution >= 0.6 is 0 Å². The fourth-order valence-electron chi connectivity index (χ4n) is 2.59. The Balaban J connectivity index is 1.87. The van der Waals surface area contributed by atoms with Gasteiger partial charge in [0.1, 0.15) is 6.61 Å². The lowest BCUT2D eigenvalue weighted by atomic mass is 9.78. The molecule has 0 unspecified atom stereocenters. The molecular formula is C17H21NO4. The van der Waals surface area contributed by atoms with Crippen molar-refractivity contribution in [2.45, 2.75) is 19.4 Å². The van der Waals surface area contributed by atoms with E-state index in [1.165, 1.54) is 7.11 Å². The SMILES string of the molecule is C=CC1(C(=O)OC)CCN(C(=O)OCc2ccccc2)CC1. The summed E-state index contributed by atoms with van der Waals surface area (Å²) in [6, 6.07) is 9.53. The van der Waals surface area contributed by atoms with Crippen LogP contribution in [-0.2, 0) is 20.9 Å². The van der Waals surface area contributed by atoms with Gasteiger partial charge >= 0.3 is 12.1 Å². The average Bonchev–Trinajstić information content (AvgIpc) is 2.59. The van der Waals surface area contributed by atoms with Crippen molar-refractivity contribution in [1.29, 1.82) is 0 Å². The van der Waals surface area contributed by atoms with E-state index in [-0.39, 0.29) is 18.7 Å². The predicted octanol–water partition coefficient (Wildman–Crippen LogP) is 2.76. The number of piperidine rings is 1. The van der Waals surface area contributed by atoms with E-state index in [1.54, 1.807) is 11.0 Å². The Hall–Kier alpha value is -2.30. The van der Waals surface area contributed by atoms with E-state index in [2.05, 4.69) is 6.58 Å². The molecule has 0 aromatic heterocycles. The highest BCUT2D eigenvalue weighted by Gasteiger charge is 2.41. The van der Waals surface area contributed by atoms with E-state index < -0.39 is 5.41 Å². The van der Waals surface area contributed by atoms with Crippen molar-refractivity contribution in [1.82, 2.24) is 4.90 Å². The van der Waals surface area contributed by atoms with Gasteiger partial charge in [0.15, 0.2) is 0 Å². The molecule has 118 valence electrons. The smallest absolute Gasteiger partial charge is 0.410 e. The van der Waals surface area contributed by atoms with Gasteiger partial charge in [-0.3, -0.25) is 4.79 Å². The summed E-state index contributed by atoms with van der Waals surface area (Å²) in [5.41, 5.74) is 0.258. The first-order chi connectivity index (χ1) is 10.6. The minimum Gasteiger partial charge on any atom is -0.468 e. The molecule has 0 N–H and O–H groups in total. The summed E-state index contributed by atoms with van der Waals surface area (Å²) in [5, 5.41) is 0. The second-order valence-electron chi connectivity index (χ2n) is 5.38. The van der Waals surface area contributed by atoms with Crippen LogP contribution in [0.3, 0.4) is 0 Å². The monoisotopic (exact) mass is 303 g/mol. The maximum Gasteiger partial charge on any atom is 0.410 e. The number of methoxy groups -OCH3 is 1. The van der Waals surface area contributed by atoms with Crippen LogP contribution in [0, 0.1) is 5.41 Å². The first kappa shape index (κ1) is 16.1. The number of rotatable bonds is 4. The third-order valence-electron chi connectivity index (χ3n) is 4.10. The van der Waals surface area contributed by atoms with Crippen LogP contribution in [0.4, 0.5) is 4.79 Å². The summed E-state index contributed by atoms with van der Waals surface area (Å²) >= 11 is 0. The molecule has 5 nitrogen and oxygen atoms in total. The molecule has 1 amide bonds. The molecule has 0 aliphatic carbocycles. The van der Waals surface area contributed by atoms with Crippen LogP contribution in [0.5, 0.6) is 0 Å². The highest BCUT2D eigenvalue weighted by molar-refractivity contribution is 5.79. The van der Waals surface area contributed by atoms with Crippen molar-refractivity contribution < 1.29 is 19.1 Å². The lowest BCUT2D eigenvalue weighted by molar-refractivity contribution is -0.152. The third-order valence-corrected chi connectivity index (χ3v) is 4.10. The molecule has 2 rings (SSSR count). The second-order valence-corrected chi connectivity index (χ2v) is 5.38. The van der Waals surface area contributed by atoms with Gasteiger partial charge in [0.2, 0.25) is 0 Å². The number of hydrogen-bond donors (Lipinski definition) is 0. The lowest BCUT2D eigenvalue weighted by Crippen LogP contribution is -2.46. The number of hydrogen-bond acceptors (Lipinski definition) is 4. The van der Waals surface area contributed by atoms with E-state index in [0.717, 1.165) is 5.56 Å². The zero-order chi connectivity index (χ0) is 16.0. The molecule has 22 heavy (non-hydrogen) atoms. The number of amides is 1. The first-order valence-electron chi connectivity index (χ1n) is 7.29. The predicted molar refractivity (Wildman–Crippen MR) is 82.1 cm³/mol. The van der Waals surface area contributed by atoms with Gasteiger partial charge in [-0.2, -0.15) is 0 Å². The van der Waals surface area contributed by atoms with Gasteiger partial charge in [-0.15, -0.1) is 6.58 Å². The Morgan fingerprint density at radius 2 is 1.91 bits per heavy atom. The average molecular weight is 303 g/mol. The molecule has 1 aliphatic rings. The van der Waals surface area contributed by atoms with Crippen molar-refractivity contribution in [2.75, 3.05) is 20.2 Å².